The van der Waals surface area contributed by atoms with Crippen LogP contribution >= 0.6 is 11.3 Å². The first-order valence-electron chi connectivity index (χ1n) is 4.92. The lowest BCUT2D eigenvalue weighted by molar-refractivity contribution is 0.503. The van der Waals surface area contributed by atoms with Gasteiger partial charge in [0.2, 0.25) is 0 Å². The largest absolute Gasteiger partial charge is 0.271 e. The van der Waals surface area contributed by atoms with Crippen LogP contribution in [0.5, 0.6) is 0 Å². The molecular weight excluding hydrogens is 224 g/mol. The number of hydrogen-bond acceptors (Lipinski definition) is 6. The minimum atomic E-state index is -0.0125. The molecule has 6 nitrogen and oxygen atoms in total. The van der Waals surface area contributed by atoms with E-state index in [1.165, 1.54) is 0 Å². The molecule has 2 rings (SSSR count). The normalized spacial score (nSPS) is 12.9. The van der Waals surface area contributed by atoms with Crippen molar-refractivity contribution in [2.45, 2.75) is 19.4 Å². The zero-order valence-corrected chi connectivity index (χ0v) is 10.0. The summed E-state index contributed by atoms with van der Waals surface area (Å²) in [5.74, 6) is 5.54. The zero-order valence-electron chi connectivity index (χ0n) is 9.21. The summed E-state index contributed by atoms with van der Waals surface area (Å²) < 4.78 is 1.71. The van der Waals surface area contributed by atoms with Gasteiger partial charge in [0, 0.05) is 18.8 Å². The molecule has 0 saturated heterocycles. The van der Waals surface area contributed by atoms with Gasteiger partial charge >= 0.3 is 0 Å². The monoisotopic (exact) mass is 238 g/mol. The molecule has 0 bridgehead atoms. The number of thiazole rings is 1. The molecule has 0 fully saturated rings. The maximum atomic E-state index is 5.54. The van der Waals surface area contributed by atoms with Crippen LogP contribution < -0.4 is 11.3 Å². The van der Waals surface area contributed by atoms with Gasteiger partial charge in [-0.3, -0.25) is 16.0 Å². The molecule has 2 aromatic heterocycles. The summed E-state index contributed by atoms with van der Waals surface area (Å²) in [5, 5.41) is 10.8. The topological polar surface area (TPSA) is 81.7 Å². The Bertz CT molecular complexity index is 462. The van der Waals surface area contributed by atoms with Crippen molar-refractivity contribution in [2.24, 2.45) is 12.9 Å². The van der Waals surface area contributed by atoms with Gasteiger partial charge < -0.3 is 0 Å². The number of hydrazine groups is 1. The maximum Gasteiger partial charge on any atom is 0.0897 e. The highest BCUT2D eigenvalue weighted by Crippen LogP contribution is 2.17. The first-order chi connectivity index (χ1) is 7.70. The van der Waals surface area contributed by atoms with E-state index in [1.54, 1.807) is 22.2 Å². The highest BCUT2D eigenvalue weighted by atomic mass is 32.1. The molecule has 2 aromatic rings. The second-order valence-corrected chi connectivity index (χ2v) is 4.63. The van der Waals surface area contributed by atoms with E-state index in [2.05, 4.69) is 20.7 Å². The van der Waals surface area contributed by atoms with E-state index in [0.717, 1.165) is 22.8 Å². The van der Waals surface area contributed by atoms with Crippen molar-refractivity contribution in [1.29, 1.82) is 0 Å². The summed E-state index contributed by atoms with van der Waals surface area (Å²) >= 11 is 1.64. The first-order valence-corrected chi connectivity index (χ1v) is 5.80. The summed E-state index contributed by atoms with van der Waals surface area (Å²) in [6, 6.07) is -0.0125. The maximum absolute atomic E-state index is 5.54. The second kappa shape index (κ2) is 4.69. The Morgan fingerprint density at radius 2 is 2.44 bits per heavy atom. The van der Waals surface area contributed by atoms with E-state index in [-0.39, 0.29) is 6.04 Å². The number of nitrogens with zero attached hydrogens (tertiary/aromatic N) is 4. The quantitative estimate of drug-likeness (QED) is 0.592. The Morgan fingerprint density at radius 1 is 1.62 bits per heavy atom. The number of rotatable bonds is 4. The highest BCUT2D eigenvalue weighted by molar-refractivity contribution is 7.09. The Labute approximate surface area is 97.5 Å². The van der Waals surface area contributed by atoms with Crippen LogP contribution in [0.1, 0.15) is 22.4 Å². The molecule has 0 aliphatic carbocycles. The predicted molar refractivity (Wildman–Crippen MR) is 61.6 cm³/mol. The van der Waals surface area contributed by atoms with Crippen LogP contribution in [0.4, 0.5) is 0 Å². The molecule has 16 heavy (non-hydrogen) atoms. The molecule has 1 atom stereocenters. The SMILES string of the molecule is Cc1nc(CC(NN)c2cnnn2C)cs1. The van der Waals surface area contributed by atoms with Gasteiger partial charge in [-0.1, -0.05) is 5.21 Å². The Morgan fingerprint density at radius 3 is 2.94 bits per heavy atom. The summed E-state index contributed by atoms with van der Waals surface area (Å²) in [6.45, 7) is 1.99. The Kier molecular flexibility index (Phi) is 3.28. The Balaban J connectivity index is 2.15. The third-order valence-electron chi connectivity index (χ3n) is 2.39. The van der Waals surface area contributed by atoms with E-state index in [9.17, 15) is 0 Å². The summed E-state index contributed by atoms with van der Waals surface area (Å²) in [5.41, 5.74) is 4.75. The van der Waals surface area contributed by atoms with Crippen LogP contribution in [0.3, 0.4) is 0 Å². The van der Waals surface area contributed by atoms with E-state index in [0.29, 0.717) is 0 Å². The number of aromatic nitrogens is 4. The van der Waals surface area contributed by atoms with Gasteiger partial charge in [0.05, 0.1) is 28.6 Å². The number of aryl methyl sites for hydroxylation is 2. The molecule has 0 saturated carbocycles. The molecule has 0 radical (unpaired) electrons. The van der Waals surface area contributed by atoms with Crippen molar-refractivity contribution in [2.75, 3.05) is 0 Å². The molecular formula is C9H14N6S. The Hall–Kier alpha value is -1.31. The number of hydrogen-bond donors (Lipinski definition) is 2. The van der Waals surface area contributed by atoms with Crippen LogP contribution in [0.15, 0.2) is 11.6 Å². The van der Waals surface area contributed by atoms with Gasteiger partial charge in [-0.05, 0) is 6.92 Å². The van der Waals surface area contributed by atoms with Crippen molar-refractivity contribution in [1.82, 2.24) is 25.4 Å². The molecule has 3 N–H and O–H groups in total. The number of nitrogens with one attached hydrogen (secondary N) is 1. The predicted octanol–water partition coefficient (Wildman–Crippen LogP) is 0.327. The molecule has 0 aliphatic rings. The summed E-state index contributed by atoms with van der Waals surface area (Å²) in [4.78, 5) is 4.41. The fourth-order valence-electron chi connectivity index (χ4n) is 1.57. The lowest BCUT2D eigenvalue weighted by atomic mass is 10.1. The van der Waals surface area contributed by atoms with Gasteiger partial charge in [0.1, 0.15) is 0 Å². The van der Waals surface area contributed by atoms with Crippen LogP contribution in [0.25, 0.3) is 0 Å². The van der Waals surface area contributed by atoms with Crippen molar-refractivity contribution >= 4 is 11.3 Å². The van der Waals surface area contributed by atoms with E-state index >= 15 is 0 Å². The van der Waals surface area contributed by atoms with E-state index in [1.807, 2.05) is 19.4 Å². The standard InChI is InChI=1S/C9H14N6S/c1-6-12-7(5-16-6)3-8(13-10)9-4-11-14-15(9)2/h4-5,8,13H,3,10H2,1-2H3. The van der Waals surface area contributed by atoms with Crippen molar-refractivity contribution < 1.29 is 0 Å². The minimum Gasteiger partial charge on any atom is -0.271 e. The average Bonchev–Trinajstić information content (AvgIpc) is 2.84. The third kappa shape index (κ3) is 2.26. The van der Waals surface area contributed by atoms with Crippen molar-refractivity contribution in [3.05, 3.63) is 28.0 Å². The van der Waals surface area contributed by atoms with Gasteiger partial charge in [-0.15, -0.1) is 16.4 Å². The molecule has 86 valence electrons. The van der Waals surface area contributed by atoms with Gasteiger partial charge in [-0.25, -0.2) is 4.98 Å². The molecule has 7 heteroatoms. The fraction of sp³-hybridized carbons (Fsp3) is 0.444. The number of nitrogens with two attached hydrogens (primary N) is 1. The highest BCUT2D eigenvalue weighted by Gasteiger charge is 2.16. The van der Waals surface area contributed by atoms with E-state index in [4.69, 9.17) is 5.84 Å². The van der Waals surface area contributed by atoms with Crippen LogP contribution in [0.2, 0.25) is 0 Å². The minimum absolute atomic E-state index is 0.0125. The third-order valence-corrected chi connectivity index (χ3v) is 3.21. The smallest absolute Gasteiger partial charge is 0.0897 e. The lowest BCUT2D eigenvalue weighted by Crippen LogP contribution is -2.31. The first kappa shape index (κ1) is 11.2. The van der Waals surface area contributed by atoms with Crippen molar-refractivity contribution in [3.63, 3.8) is 0 Å². The van der Waals surface area contributed by atoms with Gasteiger partial charge in [-0.2, -0.15) is 0 Å². The average molecular weight is 238 g/mol. The van der Waals surface area contributed by atoms with Gasteiger partial charge in [0.15, 0.2) is 0 Å². The van der Waals surface area contributed by atoms with Crippen LogP contribution in [0, 0.1) is 6.92 Å². The zero-order chi connectivity index (χ0) is 11.5. The van der Waals surface area contributed by atoms with Crippen LogP contribution in [-0.4, -0.2) is 20.0 Å². The lowest BCUT2D eigenvalue weighted by Gasteiger charge is -2.13. The summed E-state index contributed by atoms with van der Waals surface area (Å²) in [6.07, 6.45) is 2.45. The molecule has 0 aliphatic heterocycles. The molecule has 0 aromatic carbocycles. The second-order valence-electron chi connectivity index (χ2n) is 3.56. The van der Waals surface area contributed by atoms with Crippen LogP contribution in [-0.2, 0) is 13.5 Å². The summed E-state index contributed by atoms with van der Waals surface area (Å²) in [7, 11) is 1.85. The molecule has 1 unspecified atom stereocenters. The van der Waals surface area contributed by atoms with Gasteiger partial charge in [0.25, 0.3) is 0 Å². The molecule has 2 heterocycles. The van der Waals surface area contributed by atoms with E-state index < -0.39 is 0 Å². The molecule has 0 amide bonds. The fourth-order valence-corrected chi connectivity index (χ4v) is 2.20. The van der Waals surface area contributed by atoms with Crippen molar-refractivity contribution in [3.8, 4) is 0 Å². The molecule has 0 spiro atoms.